The van der Waals surface area contributed by atoms with Gasteiger partial charge in [0, 0.05) is 54.3 Å². The van der Waals surface area contributed by atoms with Gasteiger partial charge in [-0.25, -0.2) is 4.98 Å². The van der Waals surface area contributed by atoms with Gasteiger partial charge in [0.05, 0.1) is 12.8 Å². The highest BCUT2D eigenvalue weighted by molar-refractivity contribution is 7.90. The number of nitrogens with one attached hydrogen (secondary N) is 3. The molecule has 3 N–H and O–H groups in total. The van der Waals surface area contributed by atoms with Gasteiger partial charge in [0.2, 0.25) is 0 Å². The number of H-pyrrole nitrogens is 1. The number of aromatic amines is 1. The van der Waals surface area contributed by atoms with Crippen molar-refractivity contribution in [3.05, 3.63) is 84.6 Å². The third-order valence-corrected chi connectivity index (χ3v) is 7.19. The van der Waals surface area contributed by atoms with E-state index in [9.17, 15) is 8.42 Å². The minimum absolute atomic E-state index is 0.201. The number of ether oxygens (including phenoxy) is 1. The lowest BCUT2D eigenvalue weighted by Gasteiger charge is -2.21. The van der Waals surface area contributed by atoms with Crippen molar-refractivity contribution < 1.29 is 13.2 Å². The quantitative estimate of drug-likeness (QED) is 0.242. The first-order chi connectivity index (χ1) is 17.9. The average Bonchev–Trinajstić information content (AvgIpc) is 3.34. The van der Waals surface area contributed by atoms with Crippen molar-refractivity contribution >= 4 is 21.6 Å². The summed E-state index contributed by atoms with van der Waals surface area (Å²) in [6.45, 7) is 6.16. The standard InChI is InChI=1S/C28H33N5O3S/c1-4-33(5-2)24-15-13-23(14-16-24)32-37(34,35)29-20-19-26-27(21-11-17-25(36-3)18-12-21)31-28(30-26)22-9-7-6-8-10-22/h6-18,29,32H,4-5,19-20H2,1-3H3,(H,30,31). The van der Waals surface area contributed by atoms with Gasteiger partial charge in [-0.2, -0.15) is 13.1 Å². The van der Waals surface area contributed by atoms with E-state index in [1.54, 1.807) is 19.2 Å². The maximum Gasteiger partial charge on any atom is 0.299 e. The fourth-order valence-electron chi connectivity index (χ4n) is 4.14. The van der Waals surface area contributed by atoms with Gasteiger partial charge in [-0.1, -0.05) is 30.3 Å². The van der Waals surface area contributed by atoms with Crippen molar-refractivity contribution in [3.8, 4) is 28.4 Å². The lowest BCUT2D eigenvalue weighted by atomic mass is 10.1. The zero-order valence-electron chi connectivity index (χ0n) is 21.4. The fraction of sp³-hybridized carbons (Fsp3) is 0.250. The summed E-state index contributed by atoms with van der Waals surface area (Å²) in [5.74, 6) is 1.49. The maximum absolute atomic E-state index is 12.7. The van der Waals surface area contributed by atoms with Crippen LogP contribution in [-0.4, -0.2) is 45.1 Å². The molecule has 0 amide bonds. The summed E-state index contributed by atoms with van der Waals surface area (Å²) in [5, 5.41) is 0. The van der Waals surface area contributed by atoms with E-state index in [0.717, 1.165) is 52.9 Å². The molecule has 0 aliphatic rings. The van der Waals surface area contributed by atoms with Crippen LogP contribution >= 0.6 is 0 Å². The van der Waals surface area contributed by atoms with Gasteiger partial charge >= 0.3 is 0 Å². The Morgan fingerprint density at radius 1 is 0.892 bits per heavy atom. The molecule has 0 saturated heterocycles. The predicted molar refractivity (Wildman–Crippen MR) is 150 cm³/mol. The number of benzene rings is 3. The van der Waals surface area contributed by atoms with Crippen LogP contribution in [0.15, 0.2) is 78.9 Å². The number of hydrogen-bond donors (Lipinski definition) is 3. The van der Waals surface area contributed by atoms with Gasteiger partial charge in [-0.15, -0.1) is 0 Å². The van der Waals surface area contributed by atoms with E-state index >= 15 is 0 Å². The molecular formula is C28H33N5O3S. The molecule has 1 aromatic heterocycles. The smallest absolute Gasteiger partial charge is 0.299 e. The van der Waals surface area contributed by atoms with Crippen molar-refractivity contribution in [2.24, 2.45) is 0 Å². The highest BCUT2D eigenvalue weighted by Crippen LogP contribution is 2.28. The molecular weight excluding hydrogens is 486 g/mol. The molecule has 0 bridgehead atoms. The summed E-state index contributed by atoms with van der Waals surface area (Å²) in [4.78, 5) is 10.4. The minimum Gasteiger partial charge on any atom is -0.497 e. The van der Waals surface area contributed by atoms with Crippen molar-refractivity contribution in [1.29, 1.82) is 0 Å². The van der Waals surface area contributed by atoms with Gasteiger partial charge in [-0.05, 0) is 62.4 Å². The highest BCUT2D eigenvalue weighted by Gasteiger charge is 2.16. The van der Waals surface area contributed by atoms with Crippen molar-refractivity contribution in [1.82, 2.24) is 14.7 Å². The Kier molecular flexibility index (Phi) is 8.47. The zero-order valence-corrected chi connectivity index (χ0v) is 22.2. The van der Waals surface area contributed by atoms with E-state index in [-0.39, 0.29) is 6.54 Å². The van der Waals surface area contributed by atoms with Crippen LogP contribution in [-0.2, 0) is 16.6 Å². The second-order valence-electron chi connectivity index (χ2n) is 8.48. The van der Waals surface area contributed by atoms with Crippen LogP contribution in [0.3, 0.4) is 0 Å². The van der Waals surface area contributed by atoms with Crippen molar-refractivity contribution in [2.75, 3.05) is 36.4 Å². The zero-order chi connectivity index (χ0) is 26.3. The number of aromatic nitrogens is 2. The normalized spacial score (nSPS) is 11.3. The summed E-state index contributed by atoms with van der Waals surface area (Å²) < 4.78 is 35.9. The Labute approximate surface area is 218 Å². The molecule has 4 rings (SSSR count). The molecule has 3 aromatic carbocycles. The topological polar surface area (TPSA) is 99.4 Å². The summed E-state index contributed by atoms with van der Waals surface area (Å²) in [6.07, 6.45) is 0.434. The molecule has 0 atom stereocenters. The molecule has 0 spiro atoms. The van der Waals surface area contributed by atoms with Crippen molar-refractivity contribution in [2.45, 2.75) is 20.3 Å². The van der Waals surface area contributed by atoms with Gasteiger partial charge in [0.1, 0.15) is 11.6 Å². The number of imidazole rings is 1. The van der Waals surface area contributed by atoms with Gasteiger partial charge in [0.25, 0.3) is 10.2 Å². The van der Waals surface area contributed by atoms with E-state index in [1.807, 2.05) is 66.7 Å². The van der Waals surface area contributed by atoms with Crippen LogP contribution < -0.4 is 19.1 Å². The Morgan fingerprint density at radius 3 is 2.19 bits per heavy atom. The van der Waals surface area contributed by atoms with Crippen LogP contribution in [0.2, 0.25) is 0 Å². The third-order valence-electron chi connectivity index (χ3n) is 6.10. The van der Waals surface area contributed by atoms with Crippen molar-refractivity contribution in [3.63, 3.8) is 0 Å². The number of methoxy groups -OCH3 is 1. The summed E-state index contributed by atoms with van der Waals surface area (Å²) in [6, 6.07) is 24.9. The summed E-state index contributed by atoms with van der Waals surface area (Å²) >= 11 is 0. The second kappa shape index (κ2) is 11.9. The van der Waals surface area contributed by atoms with Crippen LogP contribution in [0, 0.1) is 0 Å². The first-order valence-electron chi connectivity index (χ1n) is 12.3. The lowest BCUT2D eigenvalue weighted by Crippen LogP contribution is -2.31. The first-order valence-corrected chi connectivity index (χ1v) is 13.8. The fourth-order valence-corrected chi connectivity index (χ4v) is 5.03. The lowest BCUT2D eigenvalue weighted by molar-refractivity contribution is 0.415. The second-order valence-corrected chi connectivity index (χ2v) is 9.98. The Bertz CT molecular complexity index is 1380. The highest BCUT2D eigenvalue weighted by atomic mass is 32.2. The minimum atomic E-state index is -3.75. The van der Waals surface area contributed by atoms with E-state index in [0.29, 0.717) is 12.1 Å². The number of nitrogens with zero attached hydrogens (tertiary/aromatic N) is 2. The van der Waals surface area contributed by atoms with Gasteiger partial charge in [0.15, 0.2) is 0 Å². The molecule has 1 heterocycles. The molecule has 0 radical (unpaired) electrons. The predicted octanol–water partition coefficient (Wildman–Crippen LogP) is 5.09. The molecule has 9 heteroatoms. The Balaban J connectivity index is 1.47. The molecule has 194 valence electrons. The number of hydrogen-bond acceptors (Lipinski definition) is 5. The summed E-state index contributed by atoms with van der Waals surface area (Å²) in [7, 11) is -2.12. The number of anilines is 2. The van der Waals surface area contributed by atoms with E-state index < -0.39 is 10.2 Å². The summed E-state index contributed by atoms with van der Waals surface area (Å²) in [5.41, 5.74) is 5.06. The molecule has 0 aliphatic carbocycles. The molecule has 0 unspecified atom stereocenters. The van der Waals surface area contributed by atoms with Crippen LogP contribution in [0.25, 0.3) is 22.6 Å². The molecule has 4 aromatic rings. The first kappa shape index (κ1) is 26.2. The number of rotatable bonds is 12. The van der Waals surface area contributed by atoms with E-state index in [4.69, 9.17) is 9.72 Å². The van der Waals surface area contributed by atoms with Gasteiger partial charge < -0.3 is 14.6 Å². The molecule has 0 saturated carbocycles. The monoisotopic (exact) mass is 519 g/mol. The molecule has 0 aliphatic heterocycles. The largest absolute Gasteiger partial charge is 0.497 e. The van der Waals surface area contributed by atoms with Crippen LogP contribution in [0.5, 0.6) is 5.75 Å². The van der Waals surface area contributed by atoms with Crippen LogP contribution in [0.4, 0.5) is 11.4 Å². The third kappa shape index (κ3) is 6.69. The Morgan fingerprint density at radius 2 is 1.57 bits per heavy atom. The van der Waals surface area contributed by atoms with E-state index in [2.05, 4.69) is 33.2 Å². The Hall–Kier alpha value is -3.82. The van der Waals surface area contributed by atoms with E-state index in [1.165, 1.54) is 0 Å². The molecule has 0 fully saturated rings. The molecule has 37 heavy (non-hydrogen) atoms. The maximum atomic E-state index is 12.7. The molecule has 8 nitrogen and oxygen atoms in total. The SMILES string of the molecule is CCN(CC)c1ccc(NS(=O)(=O)NCCc2[nH]c(-c3ccccc3)nc2-c2ccc(OC)cc2)cc1. The average molecular weight is 520 g/mol. The van der Waals surface area contributed by atoms with Crippen LogP contribution in [0.1, 0.15) is 19.5 Å². The van der Waals surface area contributed by atoms with Gasteiger partial charge in [-0.3, -0.25) is 4.72 Å².